The highest BCUT2D eigenvalue weighted by molar-refractivity contribution is 6.09. The molecule has 0 aliphatic carbocycles. The summed E-state index contributed by atoms with van der Waals surface area (Å²) in [6.07, 6.45) is 1.36. The van der Waals surface area contributed by atoms with Gasteiger partial charge in [-0.2, -0.15) is 5.26 Å². The molecule has 0 spiro atoms. The SMILES string of the molecule is Cc1cccc(NC(=O)/C(C#N)=C/c2ccc(-c3cccc(F)c3)o2)c1. The maximum Gasteiger partial charge on any atom is 0.266 e. The van der Waals surface area contributed by atoms with E-state index in [-0.39, 0.29) is 11.4 Å². The van der Waals surface area contributed by atoms with E-state index in [1.165, 1.54) is 18.2 Å². The Balaban J connectivity index is 1.81. The highest BCUT2D eigenvalue weighted by Crippen LogP contribution is 2.24. The Hall–Kier alpha value is -3.65. The normalized spacial score (nSPS) is 11.0. The fourth-order valence-electron chi connectivity index (χ4n) is 2.44. The topological polar surface area (TPSA) is 66.0 Å². The van der Waals surface area contributed by atoms with Crippen molar-refractivity contribution in [2.75, 3.05) is 5.32 Å². The van der Waals surface area contributed by atoms with E-state index in [1.807, 2.05) is 31.2 Å². The number of anilines is 1. The van der Waals surface area contributed by atoms with Crippen molar-refractivity contribution in [1.82, 2.24) is 0 Å². The van der Waals surface area contributed by atoms with Gasteiger partial charge in [0.2, 0.25) is 0 Å². The van der Waals surface area contributed by atoms with Gasteiger partial charge < -0.3 is 9.73 Å². The number of hydrogen-bond acceptors (Lipinski definition) is 3. The van der Waals surface area contributed by atoms with Gasteiger partial charge in [-0.25, -0.2) is 4.39 Å². The second-order valence-corrected chi connectivity index (χ2v) is 5.71. The molecule has 0 saturated heterocycles. The summed E-state index contributed by atoms with van der Waals surface area (Å²) in [6.45, 7) is 1.91. The zero-order valence-corrected chi connectivity index (χ0v) is 14.0. The van der Waals surface area contributed by atoms with Gasteiger partial charge in [0, 0.05) is 17.3 Å². The van der Waals surface area contributed by atoms with Gasteiger partial charge in [0.25, 0.3) is 5.91 Å². The summed E-state index contributed by atoms with van der Waals surface area (Å²) >= 11 is 0. The van der Waals surface area contributed by atoms with Crippen molar-refractivity contribution in [2.24, 2.45) is 0 Å². The van der Waals surface area contributed by atoms with Crippen molar-refractivity contribution in [3.05, 3.63) is 83.4 Å². The van der Waals surface area contributed by atoms with E-state index >= 15 is 0 Å². The molecule has 26 heavy (non-hydrogen) atoms. The lowest BCUT2D eigenvalue weighted by molar-refractivity contribution is -0.112. The molecule has 0 saturated carbocycles. The number of carbonyl (C=O) groups excluding carboxylic acids is 1. The molecule has 128 valence electrons. The molecule has 4 nitrogen and oxygen atoms in total. The Morgan fingerprint density at radius 3 is 2.69 bits per heavy atom. The molecule has 1 amide bonds. The maximum atomic E-state index is 13.3. The monoisotopic (exact) mass is 346 g/mol. The van der Waals surface area contributed by atoms with Crippen LogP contribution in [-0.4, -0.2) is 5.91 Å². The Bertz CT molecular complexity index is 1030. The van der Waals surface area contributed by atoms with Gasteiger partial charge in [-0.15, -0.1) is 0 Å². The average Bonchev–Trinajstić information content (AvgIpc) is 3.08. The number of amides is 1. The lowest BCUT2D eigenvalue weighted by atomic mass is 10.2. The molecule has 5 heteroatoms. The predicted octanol–water partition coefficient (Wildman–Crippen LogP) is 4.94. The molecule has 0 bridgehead atoms. The third-order valence-corrected chi connectivity index (χ3v) is 3.66. The lowest BCUT2D eigenvalue weighted by Gasteiger charge is -2.04. The third-order valence-electron chi connectivity index (χ3n) is 3.66. The number of benzene rings is 2. The van der Waals surface area contributed by atoms with Crippen LogP contribution < -0.4 is 5.32 Å². The molecular weight excluding hydrogens is 331 g/mol. The first-order valence-corrected chi connectivity index (χ1v) is 7.91. The summed E-state index contributed by atoms with van der Waals surface area (Å²) in [7, 11) is 0. The summed E-state index contributed by atoms with van der Waals surface area (Å²) in [6, 6.07) is 18.4. The number of nitrogens with one attached hydrogen (secondary N) is 1. The van der Waals surface area contributed by atoms with E-state index in [9.17, 15) is 14.4 Å². The molecular formula is C21H15FN2O2. The summed E-state index contributed by atoms with van der Waals surface area (Å²) in [4.78, 5) is 12.3. The smallest absolute Gasteiger partial charge is 0.266 e. The van der Waals surface area contributed by atoms with Crippen LogP contribution in [0.5, 0.6) is 0 Å². The summed E-state index contributed by atoms with van der Waals surface area (Å²) < 4.78 is 18.9. The zero-order chi connectivity index (χ0) is 18.5. The summed E-state index contributed by atoms with van der Waals surface area (Å²) in [5.74, 6) is -0.111. The third kappa shape index (κ3) is 4.05. The van der Waals surface area contributed by atoms with Gasteiger partial charge in [0.05, 0.1) is 0 Å². The largest absolute Gasteiger partial charge is 0.457 e. The fourth-order valence-corrected chi connectivity index (χ4v) is 2.44. The average molecular weight is 346 g/mol. The van der Waals surface area contributed by atoms with Crippen molar-refractivity contribution in [2.45, 2.75) is 6.92 Å². The number of nitrogens with zero attached hydrogens (tertiary/aromatic N) is 1. The van der Waals surface area contributed by atoms with Crippen LogP contribution in [0.25, 0.3) is 17.4 Å². The molecule has 0 unspecified atom stereocenters. The molecule has 3 aromatic rings. The molecule has 0 aliphatic rings. The minimum absolute atomic E-state index is 0.0911. The van der Waals surface area contributed by atoms with E-state index in [4.69, 9.17) is 4.42 Å². The van der Waals surface area contributed by atoms with E-state index < -0.39 is 5.91 Å². The van der Waals surface area contributed by atoms with Crippen LogP contribution in [0.1, 0.15) is 11.3 Å². The quantitative estimate of drug-likeness (QED) is 0.537. The number of aryl methyl sites for hydroxylation is 1. The van der Waals surface area contributed by atoms with Crippen molar-refractivity contribution < 1.29 is 13.6 Å². The Morgan fingerprint density at radius 2 is 1.96 bits per heavy atom. The first kappa shape index (κ1) is 17.2. The van der Waals surface area contributed by atoms with E-state index in [1.54, 1.807) is 30.3 Å². The van der Waals surface area contributed by atoms with Crippen LogP contribution in [0, 0.1) is 24.1 Å². The number of halogens is 1. The number of furan rings is 1. The van der Waals surface area contributed by atoms with Gasteiger partial charge in [0.15, 0.2) is 0 Å². The van der Waals surface area contributed by atoms with Crippen LogP contribution >= 0.6 is 0 Å². The molecule has 0 fully saturated rings. The van der Waals surface area contributed by atoms with Gasteiger partial charge in [0.1, 0.15) is 29.0 Å². The Morgan fingerprint density at radius 1 is 1.15 bits per heavy atom. The minimum Gasteiger partial charge on any atom is -0.457 e. The lowest BCUT2D eigenvalue weighted by Crippen LogP contribution is -2.13. The molecule has 0 radical (unpaired) electrons. The zero-order valence-electron chi connectivity index (χ0n) is 14.0. The van der Waals surface area contributed by atoms with Gasteiger partial charge in [-0.05, 0) is 48.9 Å². The molecule has 1 N–H and O–H groups in total. The second-order valence-electron chi connectivity index (χ2n) is 5.71. The number of hydrogen-bond donors (Lipinski definition) is 1. The van der Waals surface area contributed by atoms with E-state index in [0.29, 0.717) is 22.8 Å². The summed E-state index contributed by atoms with van der Waals surface area (Å²) in [5, 5.41) is 12.0. The molecule has 1 aromatic heterocycles. The van der Waals surface area contributed by atoms with Crippen LogP contribution in [0.4, 0.5) is 10.1 Å². The predicted molar refractivity (Wildman–Crippen MR) is 97.5 cm³/mol. The number of carbonyl (C=O) groups is 1. The molecule has 0 atom stereocenters. The highest BCUT2D eigenvalue weighted by atomic mass is 19.1. The van der Waals surface area contributed by atoms with Crippen LogP contribution in [0.15, 0.2) is 70.7 Å². The molecule has 1 heterocycles. The standard InChI is InChI=1S/C21H15FN2O2/c1-14-4-2-7-18(10-14)24-21(25)16(13-23)12-19-8-9-20(26-19)15-5-3-6-17(22)11-15/h2-12H,1H3,(H,24,25)/b16-12+. The maximum absolute atomic E-state index is 13.3. The van der Waals surface area contributed by atoms with Crippen molar-refractivity contribution in [3.8, 4) is 17.4 Å². The van der Waals surface area contributed by atoms with Crippen LogP contribution in [-0.2, 0) is 4.79 Å². The van der Waals surface area contributed by atoms with Gasteiger partial charge >= 0.3 is 0 Å². The van der Waals surface area contributed by atoms with Crippen LogP contribution in [0.3, 0.4) is 0 Å². The minimum atomic E-state index is -0.526. The molecule has 2 aromatic carbocycles. The fraction of sp³-hybridized carbons (Fsp3) is 0.0476. The van der Waals surface area contributed by atoms with Crippen molar-refractivity contribution >= 4 is 17.7 Å². The van der Waals surface area contributed by atoms with Crippen molar-refractivity contribution in [1.29, 1.82) is 5.26 Å². The molecule has 0 aliphatic heterocycles. The molecule has 3 rings (SSSR count). The highest BCUT2D eigenvalue weighted by Gasteiger charge is 2.12. The van der Waals surface area contributed by atoms with E-state index in [0.717, 1.165) is 5.56 Å². The van der Waals surface area contributed by atoms with Crippen LogP contribution in [0.2, 0.25) is 0 Å². The van der Waals surface area contributed by atoms with Crippen molar-refractivity contribution in [3.63, 3.8) is 0 Å². The van der Waals surface area contributed by atoms with E-state index in [2.05, 4.69) is 5.32 Å². The summed E-state index contributed by atoms with van der Waals surface area (Å²) in [5.41, 5.74) is 2.09. The first-order chi connectivity index (χ1) is 12.5. The Labute approximate surface area is 150 Å². The van der Waals surface area contributed by atoms with Gasteiger partial charge in [-0.3, -0.25) is 4.79 Å². The first-order valence-electron chi connectivity index (χ1n) is 7.91. The number of nitriles is 1. The van der Waals surface area contributed by atoms with Gasteiger partial charge in [-0.1, -0.05) is 24.3 Å². The Kier molecular flexibility index (Phi) is 4.95. The second kappa shape index (κ2) is 7.49. The number of rotatable bonds is 4.